The van der Waals surface area contributed by atoms with E-state index < -0.39 is 23.0 Å². The van der Waals surface area contributed by atoms with Crippen LogP contribution < -0.4 is 20.7 Å². The molecular weight excluding hydrogens is 683 g/mol. The van der Waals surface area contributed by atoms with Crippen LogP contribution in [0, 0.1) is 0 Å². The van der Waals surface area contributed by atoms with Gasteiger partial charge in [-0.1, -0.05) is 55.8 Å². The Kier molecular flexibility index (Phi) is 13.5. The zero-order valence-electron chi connectivity index (χ0n) is 29.1. The van der Waals surface area contributed by atoms with Gasteiger partial charge in [0, 0.05) is 26.6 Å². The summed E-state index contributed by atoms with van der Waals surface area (Å²) in [6.07, 6.45) is 6.98. The van der Waals surface area contributed by atoms with Crippen molar-refractivity contribution in [2.45, 2.75) is 69.4 Å². The van der Waals surface area contributed by atoms with Gasteiger partial charge in [-0.15, -0.1) is 23.1 Å². The molecule has 0 bridgehead atoms. The number of carbonyl (C=O) groups excluding carboxylic acids is 4. The summed E-state index contributed by atoms with van der Waals surface area (Å²) in [4.78, 5) is 55.5. The number of nitrogens with one attached hydrogen (secondary N) is 3. The van der Waals surface area contributed by atoms with Crippen LogP contribution in [0.4, 0.5) is 10.7 Å². The molecule has 1 heterocycles. The van der Waals surface area contributed by atoms with E-state index in [4.69, 9.17) is 9.47 Å². The molecule has 11 heteroatoms. The van der Waals surface area contributed by atoms with E-state index in [1.165, 1.54) is 23.1 Å². The zero-order chi connectivity index (χ0) is 36.2. The summed E-state index contributed by atoms with van der Waals surface area (Å²) in [5.74, 6) is -0.984. The molecule has 0 fully saturated rings. The fourth-order valence-electron chi connectivity index (χ4n) is 5.76. The number of esters is 1. The van der Waals surface area contributed by atoms with Gasteiger partial charge in [0.05, 0.1) is 24.0 Å². The van der Waals surface area contributed by atoms with Crippen LogP contribution in [0.1, 0.15) is 83.2 Å². The number of benzene rings is 3. The van der Waals surface area contributed by atoms with Crippen molar-refractivity contribution >= 4 is 63.6 Å². The van der Waals surface area contributed by atoms with Crippen molar-refractivity contribution in [3.8, 4) is 5.75 Å². The molecule has 51 heavy (non-hydrogen) atoms. The Hall–Kier alpha value is -4.87. The van der Waals surface area contributed by atoms with E-state index in [0.29, 0.717) is 46.2 Å². The molecular formula is C40H43N3O6S2. The lowest BCUT2D eigenvalue weighted by molar-refractivity contribution is -0.116. The third-order valence-electron chi connectivity index (χ3n) is 8.22. The number of fused-ring (bicyclic) bond motifs is 1. The third kappa shape index (κ3) is 9.89. The molecule has 266 valence electrons. The number of ether oxygens (including phenoxy) is 2. The molecule has 1 aromatic heterocycles. The molecule has 1 aliphatic carbocycles. The van der Waals surface area contributed by atoms with Gasteiger partial charge in [-0.2, -0.15) is 0 Å². The minimum Gasteiger partial charge on any atom is -0.493 e. The maximum absolute atomic E-state index is 13.8. The molecule has 0 saturated carbocycles. The van der Waals surface area contributed by atoms with Gasteiger partial charge in [-0.05, 0) is 94.0 Å². The molecule has 3 aromatic carbocycles. The monoisotopic (exact) mass is 725 g/mol. The van der Waals surface area contributed by atoms with Crippen molar-refractivity contribution in [2.24, 2.45) is 0 Å². The van der Waals surface area contributed by atoms with Gasteiger partial charge >= 0.3 is 5.97 Å². The largest absolute Gasteiger partial charge is 0.493 e. The fourth-order valence-corrected chi connectivity index (χ4v) is 8.05. The van der Waals surface area contributed by atoms with Gasteiger partial charge in [0.15, 0.2) is 0 Å². The topological polar surface area (TPSA) is 123 Å². The Labute approximate surface area is 307 Å². The molecule has 0 aliphatic heterocycles. The first-order chi connectivity index (χ1) is 24.8. The number of thiophene rings is 1. The highest BCUT2D eigenvalue weighted by molar-refractivity contribution is 8.00. The smallest absolute Gasteiger partial charge is 0.341 e. The molecule has 0 saturated heterocycles. The number of hydrogen-bond donors (Lipinski definition) is 3. The Morgan fingerprint density at radius 2 is 1.63 bits per heavy atom. The van der Waals surface area contributed by atoms with Crippen LogP contribution in [0.2, 0.25) is 0 Å². The van der Waals surface area contributed by atoms with E-state index >= 15 is 0 Å². The van der Waals surface area contributed by atoms with Gasteiger partial charge in [0.2, 0.25) is 5.91 Å². The van der Waals surface area contributed by atoms with Crippen LogP contribution in [0.3, 0.4) is 0 Å². The maximum atomic E-state index is 13.8. The van der Waals surface area contributed by atoms with Gasteiger partial charge in [-0.3, -0.25) is 14.4 Å². The SMILES string of the molecule is CCOC(=O)c1c(NC(=O)C(CC)Sc2cccc(NC(=O)/C(=C\c3ccccc3OCC)NC(=O)c3ccccc3)c2)sc2c1CCCCC2. The van der Waals surface area contributed by atoms with E-state index in [1.54, 1.807) is 61.5 Å². The van der Waals surface area contributed by atoms with Crippen molar-refractivity contribution in [2.75, 3.05) is 23.8 Å². The number of amides is 3. The summed E-state index contributed by atoms with van der Waals surface area (Å²) in [5, 5.41) is 8.82. The first kappa shape index (κ1) is 37.4. The Morgan fingerprint density at radius 1 is 0.863 bits per heavy atom. The lowest BCUT2D eigenvalue weighted by Crippen LogP contribution is -2.30. The lowest BCUT2D eigenvalue weighted by atomic mass is 10.1. The zero-order valence-corrected chi connectivity index (χ0v) is 30.7. The number of aryl methyl sites for hydroxylation is 1. The Bertz CT molecular complexity index is 1890. The van der Waals surface area contributed by atoms with Crippen molar-refractivity contribution in [1.82, 2.24) is 5.32 Å². The van der Waals surface area contributed by atoms with Crippen molar-refractivity contribution in [3.63, 3.8) is 0 Å². The highest BCUT2D eigenvalue weighted by Gasteiger charge is 2.28. The molecule has 1 aliphatic rings. The average molecular weight is 726 g/mol. The number of para-hydroxylation sites is 1. The normalized spacial score (nSPS) is 13.3. The van der Waals surface area contributed by atoms with Crippen LogP contribution in [0.15, 0.2) is 89.5 Å². The molecule has 5 rings (SSSR count). The Morgan fingerprint density at radius 3 is 2.39 bits per heavy atom. The van der Waals surface area contributed by atoms with Crippen LogP contribution in [-0.4, -0.2) is 42.2 Å². The van der Waals surface area contributed by atoms with E-state index in [9.17, 15) is 19.2 Å². The average Bonchev–Trinajstić information content (AvgIpc) is 3.31. The lowest BCUT2D eigenvalue weighted by Gasteiger charge is -2.16. The highest BCUT2D eigenvalue weighted by Crippen LogP contribution is 2.39. The quantitative estimate of drug-likeness (QED) is 0.0516. The second kappa shape index (κ2) is 18.4. The molecule has 9 nitrogen and oxygen atoms in total. The standard InChI is InChI=1S/C40H43N3O6S2/c1-4-33(38(46)43-39-35(40(47)49-6-3)30-21-11-8-12-23-34(30)51-39)50-29-20-15-19-28(25-29)41-37(45)31(42-36(44)26-16-9-7-10-17-26)24-27-18-13-14-22-32(27)48-5-2/h7,9-10,13-20,22,24-25,33H,4-6,8,11-12,21,23H2,1-3H3,(H,41,45)(H,42,44)(H,43,46)/b31-24+. The first-order valence-electron chi connectivity index (χ1n) is 17.3. The van der Waals surface area contributed by atoms with Gasteiger partial charge in [0.25, 0.3) is 11.8 Å². The second-order valence-corrected chi connectivity index (χ2v) is 14.2. The number of carbonyl (C=O) groups is 4. The number of thioether (sulfide) groups is 1. The van der Waals surface area contributed by atoms with E-state index in [2.05, 4.69) is 16.0 Å². The highest BCUT2D eigenvalue weighted by atomic mass is 32.2. The van der Waals surface area contributed by atoms with Gasteiger partial charge < -0.3 is 25.4 Å². The molecule has 1 atom stereocenters. The fraction of sp³-hybridized carbons (Fsp3) is 0.300. The van der Waals surface area contributed by atoms with Crippen LogP contribution in [-0.2, 0) is 27.2 Å². The minimum absolute atomic E-state index is 0.0339. The Balaban J connectivity index is 1.34. The molecule has 0 radical (unpaired) electrons. The molecule has 0 spiro atoms. The second-order valence-electron chi connectivity index (χ2n) is 11.8. The van der Waals surface area contributed by atoms with Gasteiger partial charge in [0.1, 0.15) is 16.4 Å². The van der Waals surface area contributed by atoms with Crippen LogP contribution >= 0.6 is 23.1 Å². The molecule has 3 N–H and O–H groups in total. The predicted octanol–water partition coefficient (Wildman–Crippen LogP) is 8.51. The number of rotatable bonds is 14. The summed E-state index contributed by atoms with van der Waals surface area (Å²) in [6.45, 7) is 6.28. The summed E-state index contributed by atoms with van der Waals surface area (Å²) < 4.78 is 11.2. The van der Waals surface area contributed by atoms with E-state index in [1.807, 2.05) is 44.2 Å². The van der Waals surface area contributed by atoms with E-state index in [0.717, 1.165) is 47.4 Å². The molecule has 4 aromatic rings. The minimum atomic E-state index is -0.526. The summed E-state index contributed by atoms with van der Waals surface area (Å²) in [5.41, 5.74) is 3.06. The van der Waals surface area contributed by atoms with E-state index in [-0.39, 0.29) is 18.2 Å². The van der Waals surface area contributed by atoms with Crippen molar-refractivity contribution in [1.29, 1.82) is 0 Å². The predicted molar refractivity (Wildman–Crippen MR) is 205 cm³/mol. The van der Waals surface area contributed by atoms with Gasteiger partial charge in [-0.25, -0.2) is 4.79 Å². The third-order valence-corrected chi connectivity index (χ3v) is 10.8. The van der Waals surface area contributed by atoms with Crippen LogP contribution in [0.25, 0.3) is 6.08 Å². The number of hydrogen-bond acceptors (Lipinski definition) is 8. The number of anilines is 2. The summed E-state index contributed by atoms with van der Waals surface area (Å²) in [6, 6.07) is 23.2. The van der Waals surface area contributed by atoms with Crippen molar-refractivity contribution < 1.29 is 28.7 Å². The first-order valence-corrected chi connectivity index (χ1v) is 19.0. The molecule has 3 amide bonds. The summed E-state index contributed by atoms with van der Waals surface area (Å²) >= 11 is 2.85. The van der Waals surface area contributed by atoms with Crippen molar-refractivity contribution in [3.05, 3.63) is 112 Å². The molecule has 1 unspecified atom stereocenters. The maximum Gasteiger partial charge on any atom is 0.341 e. The van der Waals surface area contributed by atoms with Crippen LogP contribution in [0.5, 0.6) is 5.75 Å². The summed E-state index contributed by atoms with van der Waals surface area (Å²) in [7, 11) is 0.